The number of carboxylic acid groups (broad SMARTS) is 1. The molecule has 1 amide bonds. The van der Waals surface area contributed by atoms with E-state index in [4.69, 9.17) is 10.8 Å². The number of rotatable bonds is 13. The maximum Gasteiger partial charge on any atom is 0.303 e. The first-order valence-electron chi connectivity index (χ1n) is 19.1. The number of aliphatic carboxylic acids is 1. The minimum absolute atomic E-state index is 0.0247. The molecule has 0 spiro atoms. The lowest BCUT2D eigenvalue weighted by Gasteiger charge is -2.13. The van der Waals surface area contributed by atoms with Crippen LogP contribution in [0.25, 0.3) is 21.5 Å². The second-order valence-electron chi connectivity index (χ2n) is 14.7. The highest BCUT2D eigenvalue weighted by Crippen LogP contribution is 2.21. The number of pyridine rings is 2. The number of benzene rings is 4. The summed E-state index contributed by atoms with van der Waals surface area (Å²) in [7, 11) is 7.95. The summed E-state index contributed by atoms with van der Waals surface area (Å²) in [6, 6.07) is 30.9. The molecule has 300 valence electrons. The van der Waals surface area contributed by atoms with Crippen LogP contribution in [0.4, 0.5) is 11.4 Å². The molecule has 0 aliphatic heterocycles. The molecule has 6 rings (SSSR count). The molecule has 0 fully saturated rings. The zero-order valence-corrected chi connectivity index (χ0v) is 34.0. The van der Waals surface area contributed by atoms with E-state index in [0.29, 0.717) is 54.5 Å². The number of nitrogen functional groups attached to an aromatic ring is 1. The molecule has 2 heterocycles. The Morgan fingerprint density at radius 2 is 1.07 bits per heavy atom. The highest BCUT2D eigenvalue weighted by Gasteiger charge is 2.10. The number of carbonyl (C=O) groups excluding carboxylic acids is 1. The van der Waals surface area contributed by atoms with Gasteiger partial charge in [0.25, 0.3) is 11.1 Å². The van der Waals surface area contributed by atoms with Gasteiger partial charge in [0, 0.05) is 84.3 Å². The molecule has 0 saturated heterocycles. The summed E-state index contributed by atoms with van der Waals surface area (Å²) >= 11 is 0. The number of carboxylic acids is 1. The van der Waals surface area contributed by atoms with Crippen molar-refractivity contribution in [1.82, 2.24) is 18.9 Å². The predicted molar refractivity (Wildman–Crippen MR) is 233 cm³/mol. The molecule has 11 heteroatoms. The van der Waals surface area contributed by atoms with E-state index >= 15 is 0 Å². The summed E-state index contributed by atoms with van der Waals surface area (Å²) in [4.78, 5) is 51.7. The van der Waals surface area contributed by atoms with Gasteiger partial charge in [0.1, 0.15) is 0 Å². The van der Waals surface area contributed by atoms with Crippen LogP contribution in [-0.4, -0.2) is 77.2 Å². The standard InChI is InChI=1S/C23H27N3O2.C13H17N3O.C10H12O2/c1-17-7-9-18(10-8-17)11-12-22(27)24-21-6-4-5-20-19(21)13-14-26(23(20)28)16-15-25(2)3;1-15(2)8-9-16-7-6-10-11(13(16)17)4-3-5-12(10)14;1-8-2-4-9(5-3-8)6-7-10(11)12/h4-10,13-14H,11-12,15-16H2,1-3H3,(H,24,27);3-7H,8-9,14H2,1-2H3;2-5H,6-7H2,1H3,(H,11,12). The van der Waals surface area contributed by atoms with Crippen molar-refractivity contribution in [2.75, 3.05) is 52.3 Å². The van der Waals surface area contributed by atoms with Gasteiger partial charge in [0.2, 0.25) is 5.91 Å². The number of anilines is 2. The van der Waals surface area contributed by atoms with Crippen molar-refractivity contribution in [2.24, 2.45) is 0 Å². The maximum atomic E-state index is 12.7. The third-order valence-electron chi connectivity index (χ3n) is 9.43. The first-order chi connectivity index (χ1) is 27.2. The van der Waals surface area contributed by atoms with Crippen LogP contribution < -0.4 is 22.2 Å². The van der Waals surface area contributed by atoms with Crippen LogP contribution in [0.1, 0.15) is 35.1 Å². The van der Waals surface area contributed by atoms with E-state index in [9.17, 15) is 19.2 Å². The van der Waals surface area contributed by atoms with Gasteiger partial charge in [-0.05, 0) is 102 Å². The number of hydrogen-bond acceptors (Lipinski definition) is 7. The molecule has 0 aliphatic rings. The normalized spacial score (nSPS) is 10.9. The SMILES string of the molecule is CN(C)CCn1ccc2c(N)cccc2c1=O.Cc1ccc(CCC(=O)Nc2cccc3c(=O)n(CCN(C)C)ccc23)cc1.Cc1ccc(CCC(=O)O)cc1. The van der Waals surface area contributed by atoms with Gasteiger partial charge in [0.05, 0.1) is 0 Å². The first-order valence-corrected chi connectivity index (χ1v) is 19.1. The molecule has 0 unspecified atom stereocenters. The zero-order valence-electron chi connectivity index (χ0n) is 34.0. The number of fused-ring (bicyclic) bond motifs is 2. The second kappa shape index (κ2) is 21.3. The third kappa shape index (κ3) is 13.6. The van der Waals surface area contributed by atoms with Gasteiger partial charge in [-0.25, -0.2) is 0 Å². The molecule has 0 radical (unpaired) electrons. The van der Waals surface area contributed by atoms with E-state index in [1.54, 1.807) is 15.3 Å². The Morgan fingerprint density at radius 1 is 0.614 bits per heavy atom. The van der Waals surface area contributed by atoms with Crippen molar-refractivity contribution in [2.45, 2.75) is 52.6 Å². The average molecular weight is 773 g/mol. The summed E-state index contributed by atoms with van der Waals surface area (Å²) < 4.78 is 3.44. The first kappa shape index (κ1) is 43.7. The molecule has 0 aliphatic carbocycles. The Balaban J connectivity index is 0.000000210. The summed E-state index contributed by atoms with van der Waals surface area (Å²) in [5.41, 5.74) is 11.8. The Labute approximate surface area is 335 Å². The van der Waals surface area contributed by atoms with Crippen LogP contribution in [0.15, 0.2) is 119 Å². The summed E-state index contributed by atoms with van der Waals surface area (Å²) in [5, 5.41) is 14.3. The van der Waals surface area contributed by atoms with Crippen LogP contribution in [0.3, 0.4) is 0 Å². The Bertz CT molecular complexity index is 2360. The largest absolute Gasteiger partial charge is 0.481 e. The van der Waals surface area contributed by atoms with Gasteiger partial charge in [-0.15, -0.1) is 0 Å². The van der Waals surface area contributed by atoms with Gasteiger partial charge in [-0.2, -0.15) is 0 Å². The van der Waals surface area contributed by atoms with Crippen molar-refractivity contribution < 1.29 is 14.7 Å². The zero-order chi connectivity index (χ0) is 41.5. The fourth-order valence-corrected chi connectivity index (χ4v) is 5.97. The quantitative estimate of drug-likeness (QED) is 0.112. The second-order valence-corrected chi connectivity index (χ2v) is 14.7. The van der Waals surface area contributed by atoms with Crippen LogP contribution >= 0.6 is 0 Å². The molecule has 6 aromatic rings. The van der Waals surface area contributed by atoms with Crippen molar-refractivity contribution in [3.63, 3.8) is 0 Å². The van der Waals surface area contributed by atoms with E-state index < -0.39 is 5.97 Å². The minimum atomic E-state index is -0.740. The highest BCUT2D eigenvalue weighted by molar-refractivity contribution is 6.01. The molecular formula is C46H56N6O5. The number of nitrogens with one attached hydrogen (secondary N) is 1. The van der Waals surface area contributed by atoms with E-state index in [0.717, 1.165) is 35.0 Å². The van der Waals surface area contributed by atoms with Crippen LogP contribution in [-0.2, 0) is 35.5 Å². The van der Waals surface area contributed by atoms with Crippen molar-refractivity contribution in [1.29, 1.82) is 0 Å². The van der Waals surface area contributed by atoms with Gasteiger partial charge in [-0.1, -0.05) is 71.8 Å². The lowest BCUT2D eigenvalue weighted by Crippen LogP contribution is -2.26. The van der Waals surface area contributed by atoms with E-state index in [1.165, 1.54) is 11.1 Å². The fraction of sp³-hybridized carbons (Fsp3) is 0.304. The van der Waals surface area contributed by atoms with E-state index in [1.807, 2.05) is 126 Å². The Kier molecular flexibility index (Phi) is 16.3. The number of hydrogen-bond donors (Lipinski definition) is 3. The number of likely N-dealkylation sites (N-methyl/N-ethyl adjacent to an activating group) is 2. The minimum Gasteiger partial charge on any atom is -0.481 e. The van der Waals surface area contributed by atoms with E-state index in [2.05, 4.69) is 34.5 Å². The van der Waals surface area contributed by atoms with Gasteiger partial charge < -0.3 is 35.1 Å². The summed E-state index contributed by atoms with van der Waals surface area (Å²) in [6.07, 6.45) is 5.53. The third-order valence-corrected chi connectivity index (χ3v) is 9.43. The topological polar surface area (TPSA) is 143 Å². The molecule has 0 bridgehead atoms. The molecule has 0 saturated carbocycles. The van der Waals surface area contributed by atoms with Crippen molar-refractivity contribution in [3.8, 4) is 0 Å². The number of nitrogens with zero attached hydrogens (tertiary/aromatic N) is 4. The Morgan fingerprint density at radius 3 is 1.56 bits per heavy atom. The number of aryl methyl sites for hydroxylation is 4. The summed E-state index contributed by atoms with van der Waals surface area (Å²) in [5.74, 6) is -0.791. The lowest BCUT2D eigenvalue weighted by atomic mass is 10.1. The highest BCUT2D eigenvalue weighted by atomic mass is 16.4. The molecule has 57 heavy (non-hydrogen) atoms. The number of nitrogens with two attached hydrogens (primary N) is 1. The summed E-state index contributed by atoms with van der Waals surface area (Å²) in [6.45, 7) is 7.02. The fourth-order valence-electron chi connectivity index (χ4n) is 5.97. The van der Waals surface area contributed by atoms with Crippen molar-refractivity contribution in [3.05, 3.63) is 152 Å². The molecular weight excluding hydrogens is 717 g/mol. The maximum absolute atomic E-state index is 12.7. The van der Waals surface area contributed by atoms with Gasteiger partial charge in [0.15, 0.2) is 0 Å². The number of carbonyl (C=O) groups is 2. The Hall–Kier alpha value is -6.04. The van der Waals surface area contributed by atoms with Crippen LogP contribution in [0.5, 0.6) is 0 Å². The van der Waals surface area contributed by atoms with Crippen LogP contribution in [0.2, 0.25) is 0 Å². The molecule has 0 atom stereocenters. The predicted octanol–water partition coefficient (Wildman–Crippen LogP) is 6.60. The molecule has 4 N–H and O–H groups in total. The average Bonchev–Trinajstić information content (AvgIpc) is 3.18. The van der Waals surface area contributed by atoms with E-state index in [-0.39, 0.29) is 23.4 Å². The van der Waals surface area contributed by atoms with Crippen LogP contribution in [0, 0.1) is 13.8 Å². The molecule has 11 nitrogen and oxygen atoms in total. The van der Waals surface area contributed by atoms with Gasteiger partial charge in [-0.3, -0.25) is 19.2 Å². The number of aromatic nitrogens is 2. The van der Waals surface area contributed by atoms with Crippen molar-refractivity contribution >= 4 is 44.8 Å². The monoisotopic (exact) mass is 772 g/mol. The molecule has 4 aromatic carbocycles. The smallest absolute Gasteiger partial charge is 0.303 e. The lowest BCUT2D eigenvalue weighted by molar-refractivity contribution is -0.137. The number of amides is 1. The van der Waals surface area contributed by atoms with Gasteiger partial charge >= 0.3 is 5.97 Å². The molecule has 2 aromatic heterocycles.